The highest BCUT2D eigenvalue weighted by Crippen LogP contribution is 2.19. The number of hydrogen-bond acceptors (Lipinski definition) is 5. The van der Waals surface area contributed by atoms with E-state index in [0.717, 1.165) is 0 Å². The molecular weight excluding hydrogens is 383 g/mol. The van der Waals surface area contributed by atoms with Gasteiger partial charge in [-0.3, -0.25) is 14.9 Å². The number of nitrogens with zero attached hydrogens (tertiary/aromatic N) is 1. The van der Waals surface area contributed by atoms with E-state index in [9.17, 15) is 19.7 Å². The molecule has 8 nitrogen and oxygen atoms in total. The third-order valence-electron chi connectivity index (χ3n) is 2.16. The van der Waals surface area contributed by atoms with Gasteiger partial charge in [-0.15, -0.1) is 0 Å². The van der Waals surface area contributed by atoms with Crippen LogP contribution in [0.5, 0.6) is 0 Å². The van der Waals surface area contributed by atoms with Gasteiger partial charge in [0.05, 0.1) is 17.1 Å². The second-order valence-corrected chi connectivity index (χ2v) is 4.79. The maximum absolute atomic E-state index is 11.8. The maximum atomic E-state index is 11.8. The molecule has 0 atom stereocenters. The molecule has 0 aromatic heterocycles. The van der Waals surface area contributed by atoms with Crippen LogP contribution in [-0.4, -0.2) is 41.7 Å². The lowest BCUT2D eigenvalue weighted by Crippen LogP contribution is -2.28. The molecule has 0 aliphatic heterocycles. The quantitative estimate of drug-likeness (QED) is 0.309. The third kappa shape index (κ3) is 5.09. The van der Waals surface area contributed by atoms with Crippen molar-refractivity contribution in [3.8, 4) is 0 Å². The van der Waals surface area contributed by atoms with Crippen LogP contribution in [-0.2, 0) is 9.53 Å². The lowest BCUT2D eigenvalue weighted by Gasteiger charge is -2.07. The van der Waals surface area contributed by atoms with Gasteiger partial charge in [0.2, 0.25) is 0 Å². The number of non-ortho nitro benzene ring substituents is 1. The Bertz CT molecular complexity index is 534. The first kappa shape index (κ1) is 16.3. The van der Waals surface area contributed by atoms with Crippen molar-refractivity contribution >= 4 is 40.2 Å². The predicted octanol–water partition coefficient (Wildman–Crippen LogP) is 1.03. The smallest absolute Gasteiger partial charge is 0.329 e. The molecule has 1 amide bonds. The Labute approximate surface area is 127 Å². The van der Waals surface area contributed by atoms with Gasteiger partial charge in [0, 0.05) is 22.2 Å². The Morgan fingerprint density at radius 3 is 2.75 bits per heavy atom. The number of ether oxygens (including phenoxy) is 1. The van der Waals surface area contributed by atoms with Gasteiger partial charge in [-0.1, -0.05) is 0 Å². The second-order valence-electron chi connectivity index (χ2n) is 3.62. The van der Waals surface area contributed by atoms with Crippen LogP contribution in [0.1, 0.15) is 10.4 Å². The van der Waals surface area contributed by atoms with Crippen LogP contribution in [0.25, 0.3) is 0 Å². The minimum Gasteiger partial charge on any atom is -0.480 e. The van der Waals surface area contributed by atoms with Crippen LogP contribution in [0, 0.1) is 13.7 Å². The highest BCUT2D eigenvalue weighted by molar-refractivity contribution is 14.1. The Kier molecular flexibility index (Phi) is 6.31. The summed E-state index contributed by atoms with van der Waals surface area (Å²) >= 11 is 1.90. The summed E-state index contributed by atoms with van der Waals surface area (Å²) in [7, 11) is 0. The molecule has 0 fully saturated rings. The standard InChI is InChI=1S/C11H11IN2O6/c12-9-2-1-7(14(18)19)5-8(9)11(17)13-3-4-20-6-10(15)16/h1-2,5H,3-4,6H2,(H,13,17)(H,15,16). The van der Waals surface area contributed by atoms with Gasteiger partial charge < -0.3 is 15.2 Å². The molecule has 0 saturated carbocycles. The van der Waals surface area contributed by atoms with E-state index in [1.807, 2.05) is 22.6 Å². The van der Waals surface area contributed by atoms with Crippen molar-refractivity contribution in [2.45, 2.75) is 0 Å². The number of halogens is 1. The number of carbonyl (C=O) groups excluding carboxylic acids is 1. The fourth-order valence-corrected chi connectivity index (χ4v) is 1.87. The van der Waals surface area contributed by atoms with Gasteiger partial charge in [-0.2, -0.15) is 0 Å². The normalized spacial score (nSPS) is 10.1. The van der Waals surface area contributed by atoms with Crippen LogP contribution in [0.2, 0.25) is 0 Å². The summed E-state index contributed by atoms with van der Waals surface area (Å²) in [6, 6.07) is 3.98. The average Bonchev–Trinajstić information content (AvgIpc) is 2.37. The number of nitro benzene ring substituents is 1. The Morgan fingerprint density at radius 1 is 1.45 bits per heavy atom. The molecule has 108 valence electrons. The van der Waals surface area contributed by atoms with Gasteiger partial charge in [0.1, 0.15) is 6.61 Å². The highest BCUT2D eigenvalue weighted by Gasteiger charge is 2.15. The summed E-state index contributed by atoms with van der Waals surface area (Å²) in [4.78, 5) is 32.1. The summed E-state index contributed by atoms with van der Waals surface area (Å²) in [6.07, 6.45) is 0. The third-order valence-corrected chi connectivity index (χ3v) is 3.10. The minimum absolute atomic E-state index is 0.0452. The molecule has 1 rings (SSSR count). The van der Waals surface area contributed by atoms with Crippen molar-refractivity contribution in [2.75, 3.05) is 19.8 Å². The average molecular weight is 394 g/mol. The number of benzene rings is 1. The summed E-state index contributed by atoms with van der Waals surface area (Å²) in [5.41, 5.74) is 0.0238. The SMILES string of the molecule is O=C(O)COCCNC(=O)c1cc([N+](=O)[O-])ccc1I. The van der Waals surface area contributed by atoms with Crippen molar-refractivity contribution in [3.05, 3.63) is 37.4 Å². The van der Waals surface area contributed by atoms with Crippen molar-refractivity contribution in [1.82, 2.24) is 5.32 Å². The maximum Gasteiger partial charge on any atom is 0.329 e. The number of nitrogens with one attached hydrogen (secondary N) is 1. The zero-order chi connectivity index (χ0) is 15.1. The van der Waals surface area contributed by atoms with Crippen molar-refractivity contribution in [1.29, 1.82) is 0 Å². The minimum atomic E-state index is -1.09. The molecule has 1 aromatic carbocycles. The highest BCUT2D eigenvalue weighted by atomic mass is 127. The molecule has 0 heterocycles. The Morgan fingerprint density at radius 2 is 2.15 bits per heavy atom. The molecule has 1 aromatic rings. The van der Waals surface area contributed by atoms with E-state index in [4.69, 9.17) is 9.84 Å². The van der Waals surface area contributed by atoms with Gasteiger partial charge in [0.25, 0.3) is 11.6 Å². The number of carbonyl (C=O) groups is 2. The lowest BCUT2D eigenvalue weighted by molar-refractivity contribution is -0.384. The number of aliphatic carboxylic acids is 1. The van der Waals surface area contributed by atoms with Crippen LogP contribution in [0.4, 0.5) is 5.69 Å². The monoisotopic (exact) mass is 394 g/mol. The number of carboxylic acid groups (broad SMARTS) is 1. The molecule has 2 N–H and O–H groups in total. The van der Waals surface area contributed by atoms with Crippen LogP contribution < -0.4 is 5.32 Å². The molecule has 0 spiro atoms. The Balaban J connectivity index is 2.57. The number of hydrogen-bond donors (Lipinski definition) is 2. The number of nitro groups is 1. The van der Waals surface area contributed by atoms with Crippen LogP contribution >= 0.6 is 22.6 Å². The molecule has 0 aliphatic carbocycles. The fraction of sp³-hybridized carbons (Fsp3) is 0.273. The summed E-state index contributed by atoms with van der Waals surface area (Å²) in [5, 5.41) is 21.5. The van der Waals surface area contributed by atoms with Crippen LogP contribution in [0.3, 0.4) is 0 Å². The summed E-state index contributed by atoms with van der Waals surface area (Å²) < 4.78 is 5.33. The van der Waals surface area contributed by atoms with E-state index in [2.05, 4.69) is 5.32 Å². The van der Waals surface area contributed by atoms with E-state index >= 15 is 0 Å². The first-order valence-electron chi connectivity index (χ1n) is 5.43. The Hall–Kier alpha value is -1.75. The molecule has 0 aliphatic rings. The van der Waals surface area contributed by atoms with E-state index in [1.54, 1.807) is 0 Å². The largest absolute Gasteiger partial charge is 0.480 e. The first-order chi connectivity index (χ1) is 9.41. The molecule has 9 heteroatoms. The van der Waals surface area contributed by atoms with Gasteiger partial charge in [0.15, 0.2) is 0 Å². The second kappa shape index (κ2) is 7.75. The van der Waals surface area contributed by atoms with Crippen molar-refractivity contribution < 1.29 is 24.4 Å². The zero-order valence-corrected chi connectivity index (χ0v) is 12.3. The van der Waals surface area contributed by atoms with Gasteiger partial charge in [-0.25, -0.2) is 4.79 Å². The number of rotatable bonds is 7. The molecule has 0 bridgehead atoms. The molecule has 0 saturated heterocycles. The topological polar surface area (TPSA) is 119 Å². The summed E-state index contributed by atoms with van der Waals surface area (Å²) in [6.45, 7) is -0.279. The first-order valence-corrected chi connectivity index (χ1v) is 6.51. The van der Waals surface area contributed by atoms with E-state index in [0.29, 0.717) is 3.57 Å². The fourth-order valence-electron chi connectivity index (χ4n) is 1.29. The van der Waals surface area contributed by atoms with E-state index in [-0.39, 0.29) is 24.4 Å². The van der Waals surface area contributed by atoms with Gasteiger partial charge in [-0.05, 0) is 28.7 Å². The predicted molar refractivity (Wildman–Crippen MR) is 76.6 cm³/mol. The molecule has 0 radical (unpaired) electrons. The van der Waals surface area contributed by atoms with Crippen molar-refractivity contribution in [3.63, 3.8) is 0 Å². The van der Waals surface area contributed by atoms with E-state index < -0.39 is 23.4 Å². The zero-order valence-electron chi connectivity index (χ0n) is 10.2. The van der Waals surface area contributed by atoms with Crippen LogP contribution in [0.15, 0.2) is 18.2 Å². The molecular formula is C11H11IN2O6. The molecule has 20 heavy (non-hydrogen) atoms. The lowest BCUT2D eigenvalue weighted by atomic mass is 10.2. The van der Waals surface area contributed by atoms with E-state index in [1.165, 1.54) is 18.2 Å². The summed E-state index contributed by atoms with van der Waals surface area (Å²) in [5.74, 6) is -1.57. The van der Waals surface area contributed by atoms with Gasteiger partial charge >= 0.3 is 5.97 Å². The van der Waals surface area contributed by atoms with Crippen molar-refractivity contribution in [2.24, 2.45) is 0 Å². The number of amides is 1. The molecule has 0 unspecified atom stereocenters. The number of carboxylic acids is 1.